The van der Waals surface area contributed by atoms with Crippen molar-refractivity contribution in [1.29, 1.82) is 0 Å². The summed E-state index contributed by atoms with van der Waals surface area (Å²) in [6, 6.07) is -0.690. The van der Waals surface area contributed by atoms with E-state index in [0.29, 0.717) is 12.3 Å². The molecule has 4 nitrogen and oxygen atoms in total. The van der Waals surface area contributed by atoms with Crippen molar-refractivity contribution in [3.05, 3.63) is 0 Å². The minimum absolute atomic E-state index is 0.357. The Kier molecular flexibility index (Phi) is 8.33. The highest BCUT2D eigenvalue weighted by Crippen LogP contribution is 2.01. The van der Waals surface area contributed by atoms with Crippen LogP contribution < -0.4 is 11.1 Å². The second-order valence-electron chi connectivity index (χ2n) is 4.38. The molecule has 0 bridgehead atoms. The zero-order chi connectivity index (χ0) is 11.7. The van der Waals surface area contributed by atoms with Crippen molar-refractivity contribution in [3.63, 3.8) is 0 Å². The topological polar surface area (TPSA) is 75.3 Å². The Morgan fingerprint density at radius 2 is 1.87 bits per heavy atom. The van der Waals surface area contributed by atoms with Gasteiger partial charge in [-0.15, -0.1) is 0 Å². The van der Waals surface area contributed by atoms with Crippen molar-refractivity contribution in [1.82, 2.24) is 5.32 Å². The number of hydrogen-bond donors (Lipinski definition) is 3. The number of rotatable bonds is 3. The van der Waals surface area contributed by atoms with Crippen LogP contribution in [-0.2, 0) is 4.79 Å². The quantitative estimate of drug-likeness (QED) is 0.662. The molecule has 1 saturated heterocycles. The van der Waals surface area contributed by atoms with Crippen molar-refractivity contribution in [2.24, 2.45) is 11.7 Å². The summed E-state index contributed by atoms with van der Waals surface area (Å²) < 4.78 is 0. The van der Waals surface area contributed by atoms with E-state index < -0.39 is 12.0 Å². The monoisotopic (exact) mass is 216 g/mol. The highest BCUT2D eigenvalue weighted by atomic mass is 16.4. The Labute approximate surface area is 92.2 Å². The van der Waals surface area contributed by atoms with E-state index in [4.69, 9.17) is 10.8 Å². The highest BCUT2D eigenvalue weighted by Gasteiger charge is 2.11. The molecule has 0 aromatic carbocycles. The summed E-state index contributed by atoms with van der Waals surface area (Å²) in [6.45, 7) is 6.39. The van der Waals surface area contributed by atoms with Crippen LogP contribution in [0.25, 0.3) is 0 Å². The average molecular weight is 216 g/mol. The van der Waals surface area contributed by atoms with Gasteiger partial charge in [0.25, 0.3) is 0 Å². The van der Waals surface area contributed by atoms with Crippen molar-refractivity contribution in [3.8, 4) is 0 Å². The highest BCUT2D eigenvalue weighted by molar-refractivity contribution is 5.72. The first-order chi connectivity index (χ1) is 7.04. The van der Waals surface area contributed by atoms with Gasteiger partial charge in [-0.2, -0.15) is 0 Å². The van der Waals surface area contributed by atoms with Gasteiger partial charge in [-0.3, -0.25) is 4.79 Å². The summed E-state index contributed by atoms with van der Waals surface area (Å²) in [5.74, 6) is -0.556. The van der Waals surface area contributed by atoms with Crippen LogP contribution in [0.2, 0.25) is 0 Å². The van der Waals surface area contributed by atoms with Gasteiger partial charge in [-0.1, -0.05) is 20.3 Å². The molecule has 90 valence electrons. The lowest BCUT2D eigenvalue weighted by molar-refractivity contribution is -0.138. The number of hydrogen-bond acceptors (Lipinski definition) is 3. The van der Waals surface area contributed by atoms with Crippen LogP contribution in [0.4, 0.5) is 0 Å². The average Bonchev–Trinajstić information content (AvgIpc) is 2.20. The summed E-state index contributed by atoms with van der Waals surface area (Å²) >= 11 is 0. The third-order valence-electron chi connectivity index (χ3n) is 2.25. The lowest BCUT2D eigenvalue weighted by atomic mass is 10.1. The molecule has 1 rings (SSSR count). The van der Waals surface area contributed by atoms with Crippen LogP contribution in [-0.4, -0.2) is 30.2 Å². The number of carboxylic acid groups (broad SMARTS) is 1. The van der Waals surface area contributed by atoms with E-state index in [1.165, 1.54) is 32.4 Å². The molecule has 0 aromatic heterocycles. The first-order valence-corrected chi connectivity index (χ1v) is 5.73. The third-order valence-corrected chi connectivity index (χ3v) is 2.25. The van der Waals surface area contributed by atoms with Gasteiger partial charge in [0.05, 0.1) is 0 Å². The molecule has 0 radical (unpaired) electrons. The number of nitrogens with one attached hydrogen (secondary N) is 1. The molecule has 1 fully saturated rings. The van der Waals surface area contributed by atoms with Crippen LogP contribution in [0.3, 0.4) is 0 Å². The largest absolute Gasteiger partial charge is 0.480 e. The predicted molar refractivity (Wildman–Crippen MR) is 61.8 cm³/mol. The van der Waals surface area contributed by atoms with E-state index in [2.05, 4.69) is 5.32 Å². The second-order valence-corrected chi connectivity index (χ2v) is 4.38. The van der Waals surface area contributed by atoms with E-state index in [1.54, 1.807) is 0 Å². The standard InChI is InChI=1S/C6H13NO2.C5H11N/c1-4(2)3-5(7)6(8)9;1-2-4-6-5-3-1/h4-5H,3,7H2,1-2H3,(H,8,9);6H,1-5H2. The minimum atomic E-state index is -0.913. The maximum atomic E-state index is 10.1. The Morgan fingerprint density at radius 1 is 1.33 bits per heavy atom. The molecule has 0 spiro atoms. The first kappa shape index (κ1) is 14.4. The maximum Gasteiger partial charge on any atom is 0.320 e. The van der Waals surface area contributed by atoms with Crippen molar-refractivity contribution in [2.75, 3.05) is 13.1 Å². The predicted octanol–water partition coefficient (Wildman–Crippen LogP) is 1.20. The Hall–Kier alpha value is -0.610. The summed E-state index contributed by atoms with van der Waals surface area (Å²) in [6.07, 6.45) is 4.77. The van der Waals surface area contributed by atoms with Gasteiger partial charge in [0, 0.05) is 0 Å². The molecule has 4 heteroatoms. The van der Waals surface area contributed by atoms with Crippen molar-refractivity contribution in [2.45, 2.75) is 45.6 Å². The molecule has 15 heavy (non-hydrogen) atoms. The SMILES string of the molecule is C1CCNCC1.CC(C)CC(N)C(=O)O. The van der Waals surface area contributed by atoms with Gasteiger partial charge in [0.2, 0.25) is 0 Å². The smallest absolute Gasteiger partial charge is 0.320 e. The lowest BCUT2D eigenvalue weighted by Crippen LogP contribution is -2.31. The number of aliphatic carboxylic acids is 1. The van der Waals surface area contributed by atoms with Crippen LogP contribution in [0, 0.1) is 5.92 Å². The van der Waals surface area contributed by atoms with E-state index in [-0.39, 0.29) is 0 Å². The third kappa shape index (κ3) is 9.69. The van der Waals surface area contributed by atoms with E-state index in [9.17, 15) is 4.79 Å². The molecule has 1 heterocycles. The molecule has 0 amide bonds. The van der Waals surface area contributed by atoms with Gasteiger partial charge in [0.1, 0.15) is 6.04 Å². The molecule has 1 unspecified atom stereocenters. The maximum absolute atomic E-state index is 10.1. The van der Waals surface area contributed by atoms with Crippen LogP contribution in [0.1, 0.15) is 39.5 Å². The van der Waals surface area contributed by atoms with Gasteiger partial charge in [0.15, 0.2) is 0 Å². The molecule has 0 saturated carbocycles. The van der Waals surface area contributed by atoms with Crippen molar-refractivity contribution < 1.29 is 9.90 Å². The number of piperidine rings is 1. The van der Waals surface area contributed by atoms with E-state index in [0.717, 1.165) is 0 Å². The van der Waals surface area contributed by atoms with Gasteiger partial charge >= 0.3 is 5.97 Å². The molecule has 1 atom stereocenters. The Bertz CT molecular complexity index is 156. The molecule has 1 aliphatic rings. The second kappa shape index (κ2) is 8.68. The normalized spacial score (nSPS) is 17.9. The van der Waals surface area contributed by atoms with E-state index in [1.807, 2.05) is 13.8 Å². The summed E-state index contributed by atoms with van der Waals surface area (Å²) in [5.41, 5.74) is 5.22. The summed E-state index contributed by atoms with van der Waals surface area (Å²) in [4.78, 5) is 10.1. The zero-order valence-corrected chi connectivity index (χ0v) is 9.83. The number of carboxylic acids is 1. The molecular weight excluding hydrogens is 192 g/mol. The van der Waals surface area contributed by atoms with E-state index >= 15 is 0 Å². The van der Waals surface area contributed by atoms with Crippen LogP contribution in [0.15, 0.2) is 0 Å². The number of carbonyl (C=O) groups is 1. The van der Waals surface area contributed by atoms with Crippen LogP contribution >= 0.6 is 0 Å². The Morgan fingerprint density at radius 3 is 2.00 bits per heavy atom. The molecule has 1 aliphatic heterocycles. The Balaban J connectivity index is 0.000000280. The van der Waals surface area contributed by atoms with Gasteiger partial charge in [-0.25, -0.2) is 0 Å². The zero-order valence-electron chi connectivity index (χ0n) is 9.83. The van der Waals surface area contributed by atoms with Crippen LogP contribution in [0.5, 0.6) is 0 Å². The summed E-state index contributed by atoms with van der Waals surface area (Å²) in [5, 5.41) is 11.6. The minimum Gasteiger partial charge on any atom is -0.480 e. The van der Waals surface area contributed by atoms with Gasteiger partial charge in [-0.05, 0) is 38.3 Å². The molecule has 0 aromatic rings. The molecular formula is C11H24N2O2. The lowest BCUT2D eigenvalue weighted by Gasteiger charge is -2.08. The fourth-order valence-electron chi connectivity index (χ4n) is 1.41. The summed E-state index contributed by atoms with van der Waals surface area (Å²) in [7, 11) is 0. The first-order valence-electron chi connectivity index (χ1n) is 5.73. The van der Waals surface area contributed by atoms with Gasteiger partial charge < -0.3 is 16.2 Å². The number of nitrogens with two attached hydrogens (primary N) is 1. The van der Waals surface area contributed by atoms with Crippen molar-refractivity contribution >= 4 is 5.97 Å². The fraction of sp³-hybridized carbons (Fsp3) is 0.909. The molecule has 0 aliphatic carbocycles. The fourth-order valence-corrected chi connectivity index (χ4v) is 1.41. The molecule has 4 N–H and O–H groups in total.